The first-order chi connectivity index (χ1) is 20.8. The fourth-order valence-electron chi connectivity index (χ4n) is 6.46. The maximum Gasteiger partial charge on any atom is 0.277 e. The van der Waals surface area contributed by atoms with Crippen molar-refractivity contribution < 1.29 is 4.79 Å². The average molecular weight is 600 g/mol. The first-order valence-corrected chi connectivity index (χ1v) is 17.0. The zero-order chi connectivity index (χ0) is 30.1. The van der Waals surface area contributed by atoms with E-state index in [9.17, 15) is 9.59 Å². The molecule has 0 saturated carbocycles. The van der Waals surface area contributed by atoms with Crippen LogP contribution in [-0.2, 0) is 6.54 Å². The SMILES string of the molecule is CC(C)CCN(CCC(C)C)C(=O)c1cccc2sc3c(=O)n4c5ccccc5n(CCCN5CCCCC5)c4nc3c12. The molecule has 0 N–H and O–H groups in total. The predicted molar refractivity (Wildman–Crippen MR) is 180 cm³/mol. The molecule has 0 radical (unpaired) electrons. The van der Waals surface area contributed by atoms with Crippen LogP contribution in [0.3, 0.4) is 0 Å². The number of hydrogen-bond acceptors (Lipinski definition) is 5. The summed E-state index contributed by atoms with van der Waals surface area (Å²) >= 11 is 1.45. The van der Waals surface area contributed by atoms with Crippen molar-refractivity contribution >= 4 is 54.4 Å². The van der Waals surface area contributed by atoms with E-state index >= 15 is 0 Å². The highest BCUT2D eigenvalue weighted by molar-refractivity contribution is 7.25. The van der Waals surface area contributed by atoms with Gasteiger partial charge in [0.15, 0.2) is 0 Å². The molecule has 3 aromatic heterocycles. The molecule has 1 saturated heterocycles. The van der Waals surface area contributed by atoms with Crippen LogP contribution < -0.4 is 5.56 Å². The molecule has 0 bridgehead atoms. The lowest BCUT2D eigenvalue weighted by Crippen LogP contribution is -2.34. The molecule has 5 aromatic rings. The second-order valence-corrected chi connectivity index (χ2v) is 14.1. The van der Waals surface area contributed by atoms with Gasteiger partial charge in [0.2, 0.25) is 5.78 Å². The second kappa shape index (κ2) is 12.8. The van der Waals surface area contributed by atoms with Gasteiger partial charge in [-0.15, -0.1) is 11.3 Å². The third-order valence-electron chi connectivity index (χ3n) is 8.93. The fourth-order valence-corrected chi connectivity index (χ4v) is 7.56. The summed E-state index contributed by atoms with van der Waals surface area (Å²) < 4.78 is 5.55. The van der Waals surface area contributed by atoms with Crippen LogP contribution in [0.15, 0.2) is 47.3 Å². The van der Waals surface area contributed by atoms with Crippen LogP contribution in [0, 0.1) is 11.8 Å². The normalized spacial score (nSPS) is 14.7. The lowest BCUT2D eigenvalue weighted by Gasteiger charge is -2.26. The van der Waals surface area contributed by atoms with Gasteiger partial charge in [-0.2, -0.15) is 0 Å². The van der Waals surface area contributed by atoms with E-state index in [-0.39, 0.29) is 11.5 Å². The van der Waals surface area contributed by atoms with Crippen molar-refractivity contribution in [2.45, 2.75) is 72.8 Å². The van der Waals surface area contributed by atoms with Gasteiger partial charge in [0, 0.05) is 29.7 Å². The molecule has 6 rings (SSSR count). The number of aryl methyl sites for hydroxylation is 1. The summed E-state index contributed by atoms with van der Waals surface area (Å²) in [4.78, 5) is 38.2. The van der Waals surface area contributed by atoms with E-state index < -0.39 is 0 Å². The largest absolute Gasteiger partial charge is 0.339 e. The third kappa shape index (κ3) is 5.96. The van der Waals surface area contributed by atoms with Gasteiger partial charge in [0.1, 0.15) is 4.70 Å². The number of para-hydroxylation sites is 2. The van der Waals surface area contributed by atoms with Crippen molar-refractivity contribution in [2.24, 2.45) is 11.8 Å². The van der Waals surface area contributed by atoms with Crippen molar-refractivity contribution in [1.29, 1.82) is 0 Å². The Labute approximate surface area is 258 Å². The van der Waals surface area contributed by atoms with Gasteiger partial charge >= 0.3 is 0 Å². The topological polar surface area (TPSA) is 62.9 Å². The number of nitrogens with zero attached hydrogens (tertiary/aromatic N) is 5. The van der Waals surface area contributed by atoms with Crippen molar-refractivity contribution in [2.75, 3.05) is 32.7 Å². The van der Waals surface area contributed by atoms with Crippen LogP contribution in [0.2, 0.25) is 0 Å². The highest BCUT2D eigenvalue weighted by Crippen LogP contribution is 2.35. The smallest absolute Gasteiger partial charge is 0.277 e. The lowest BCUT2D eigenvalue weighted by molar-refractivity contribution is 0.0743. The first-order valence-electron chi connectivity index (χ1n) is 16.2. The number of rotatable bonds is 11. The molecule has 43 heavy (non-hydrogen) atoms. The molecular weight excluding hydrogens is 554 g/mol. The minimum absolute atomic E-state index is 0.0377. The number of carbonyl (C=O) groups excluding carboxylic acids is 1. The Balaban J connectivity index is 1.46. The third-order valence-corrected chi connectivity index (χ3v) is 10.1. The molecular formula is C35H45N5O2S. The number of carbonyl (C=O) groups is 1. The quantitative estimate of drug-likeness (QED) is 0.158. The van der Waals surface area contributed by atoms with E-state index in [2.05, 4.69) is 43.2 Å². The zero-order valence-corrected chi connectivity index (χ0v) is 27.0. The Bertz CT molecular complexity index is 1800. The van der Waals surface area contributed by atoms with Crippen molar-refractivity contribution in [3.63, 3.8) is 0 Å². The van der Waals surface area contributed by atoms with Gasteiger partial charge in [0.05, 0.1) is 22.1 Å². The van der Waals surface area contributed by atoms with E-state index in [1.807, 2.05) is 41.3 Å². The minimum atomic E-state index is -0.0537. The molecule has 4 heterocycles. The molecule has 1 fully saturated rings. The van der Waals surface area contributed by atoms with Crippen LogP contribution in [0.1, 0.15) is 76.6 Å². The van der Waals surface area contributed by atoms with Crippen LogP contribution >= 0.6 is 11.3 Å². The molecule has 0 aliphatic carbocycles. The minimum Gasteiger partial charge on any atom is -0.339 e. The van der Waals surface area contributed by atoms with Gasteiger partial charge in [-0.25, -0.2) is 9.38 Å². The summed E-state index contributed by atoms with van der Waals surface area (Å²) in [5.74, 6) is 1.73. The number of likely N-dealkylation sites (tertiary alicyclic amines) is 1. The Morgan fingerprint density at radius 1 is 0.907 bits per heavy atom. The molecule has 228 valence electrons. The number of hydrogen-bond donors (Lipinski definition) is 0. The maximum absolute atomic E-state index is 14.2. The molecule has 0 spiro atoms. The molecule has 7 nitrogen and oxygen atoms in total. The highest BCUT2D eigenvalue weighted by atomic mass is 32.1. The molecule has 1 amide bonds. The molecule has 1 aliphatic rings. The van der Waals surface area contributed by atoms with Crippen molar-refractivity contribution in [3.05, 3.63) is 58.4 Å². The number of benzene rings is 2. The van der Waals surface area contributed by atoms with Crippen molar-refractivity contribution in [3.8, 4) is 0 Å². The van der Waals surface area contributed by atoms with Crippen LogP contribution in [0.25, 0.3) is 37.1 Å². The van der Waals surface area contributed by atoms with E-state index in [1.165, 1.54) is 43.7 Å². The summed E-state index contributed by atoms with van der Waals surface area (Å²) in [5.41, 5.74) is 3.17. The first kappa shape index (κ1) is 29.8. The molecule has 1 aliphatic heterocycles. The lowest BCUT2D eigenvalue weighted by atomic mass is 10.1. The molecule has 0 unspecified atom stereocenters. The van der Waals surface area contributed by atoms with E-state index in [4.69, 9.17) is 4.98 Å². The number of piperidine rings is 1. The number of imidazole rings is 1. The molecule has 2 aromatic carbocycles. The van der Waals surface area contributed by atoms with Crippen LogP contribution in [-0.4, -0.2) is 62.4 Å². The number of fused-ring (bicyclic) bond motifs is 6. The van der Waals surface area contributed by atoms with E-state index in [0.29, 0.717) is 33.4 Å². The van der Waals surface area contributed by atoms with Gasteiger partial charge < -0.3 is 14.4 Å². The van der Waals surface area contributed by atoms with E-state index in [0.717, 1.165) is 66.6 Å². The van der Waals surface area contributed by atoms with E-state index in [1.54, 1.807) is 4.40 Å². The monoisotopic (exact) mass is 599 g/mol. The fraction of sp³-hybridized carbons (Fsp3) is 0.514. The Morgan fingerprint density at radius 2 is 1.60 bits per heavy atom. The number of aromatic nitrogens is 3. The van der Waals surface area contributed by atoms with Gasteiger partial charge in [-0.1, -0.05) is 52.3 Å². The van der Waals surface area contributed by atoms with Crippen molar-refractivity contribution in [1.82, 2.24) is 23.8 Å². The number of amides is 1. The predicted octanol–water partition coefficient (Wildman–Crippen LogP) is 7.43. The number of thiophene rings is 1. The van der Waals surface area contributed by atoms with Gasteiger partial charge in [-0.3, -0.25) is 9.59 Å². The van der Waals surface area contributed by atoms with Gasteiger partial charge in [0.25, 0.3) is 11.5 Å². The summed E-state index contributed by atoms with van der Waals surface area (Å²) in [6.45, 7) is 14.5. The van der Waals surface area contributed by atoms with Crippen LogP contribution in [0.5, 0.6) is 0 Å². The Morgan fingerprint density at radius 3 is 2.30 bits per heavy atom. The average Bonchev–Trinajstić information content (AvgIpc) is 3.54. The Kier molecular flexibility index (Phi) is 8.87. The summed E-state index contributed by atoms with van der Waals surface area (Å²) in [5, 5.41) is 0.816. The summed E-state index contributed by atoms with van der Waals surface area (Å²) in [6, 6.07) is 14.0. The standard InChI is InChI=1S/C35H45N5O2S/c1-24(2)16-22-38(23-17-25(3)4)33(41)26-12-10-15-29-30(26)31-32(43-29)34(42)40-28-14-7-6-13-27(28)39(35(40)36-31)21-11-20-37-18-8-5-9-19-37/h6-7,10,12-15,24-25H,5,8-9,11,16-23H2,1-4H3. The molecule has 8 heteroatoms. The summed E-state index contributed by atoms with van der Waals surface area (Å²) in [6.07, 6.45) is 6.81. The highest BCUT2D eigenvalue weighted by Gasteiger charge is 2.24. The second-order valence-electron chi connectivity index (χ2n) is 13.1. The zero-order valence-electron chi connectivity index (χ0n) is 26.1. The molecule has 0 atom stereocenters. The van der Waals surface area contributed by atoms with Gasteiger partial charge in [-0.05, 0) is 87.8 Å². The maximum atomic E-state index is 14.2. The van der Waals surface area contributed by atoms with Crippen LogP contribution in [0.4, 0.5) is 0 Å². The summed E-state index contributed by atoms with van der Waals surface area (Å²) in [7, 11) is 0. The Hall–Kier alpha value is -3.23.